The predicted octanol–water partition coefficient (Wildman–Crippen LogP) is 3.72. The molecule has 1 atom stereocenters. The highest BCUT2D eigenvalue weighted by molar-refractivity contribution is 9.10. The summed E-state index contributed by atoms with van der Waals surface area (Å²) in [5, 5.41) is 7.50. The van der Waals surface area contributed by atoms with Gasteiger partial charge in [0.15, 0.2) is 0 Å². The van der Waals surface area contributed by atoms with E-state index in [2.05, 4.69) is 26.3 Å². The summed E-state index contributed by atoms with van der Waals surface area (Å²) in [6.07, 6.45) is 0.774. The lowest BCUT2D eigenvalue weighted by Gasteiger charge is -2.20. The molecule has 114 valence electrons. The van der Waals surface area contributed by atoms with Crippen molar-refractivity contribution in [3.8, 4) is 0 Å². The number of halogens is 3. The van der Waals surface area contributed by atoms with E-state index in [9.17, 15) is 8.78 Å². The lowest BCUT2D eigenvalue weighted by atomic mass is 10.0. The van der Waals surface area contributed by atoms with Crippen molar-refractivity contribution < 1.29 is 8.78 Å². The maximum absolute atomic E-state index is 14.4. The van der Waals surface area contributed by atoms with Gasteiger partial charge in [-0.25, -0.2) is 8.78 Å². The van der Waals surface area contributed by atoms with Gasteiger partial charge in [-0.3, -0.25) is 4.68 Å². The van der Waals surface area contributed by atoms with Crippen LogP contribution in [0.5, 0.6) is 0 Å². The van der Waals surface area contributed by atoms with E-state index in [1.807, 2.05) is 19.9 Å². The lowest BCUT2D eigenvalue weighted by molar-refractivity contribution is 0.490. The summed E-state index contributed by atoms with van der Waals surface area (Å²) < 4.78 is 30.5. The van der Waals surface area contributed by atoms with Crippen molar-refractivity contribution in [3.05, 3.63) is 51.3 Å². The fourth-order valence-corrected chi connectivity index (χ4v) is 2.70. The van der Waals surface area contributed by atoms with Gasteiger partial charge in [0.1, 0.15) is 11.6 Å². The maximum Gasteiger partial charge on any atom is 0.145 e. The molecule has 1 heterocycles. The van der Waals surface area contributed by atoms with Gasteiger partial charge in [-0.1, -0.05) is 13.8 Å². The van der Waals surface area contributed by atoms with Crippen molar-refractivity contribution in [2.24, 2.45) is 7.05 Å². The molecule has 1 unspecified atom stereocenters. The standard InChI is InChI=1S/C15H18BrF2N3/c1-4-9-8-12(21(3)20-9)15(19-5-2)13-11(17)7-6-10(16)14(13)18/h6-8,15,19H,4-5H2,1-3H3. The van der Waals surface area contributed by atoms with E-state index >= 15 is 0 Å². The molecular weight excluding hydrogens is 340 g/mol. The predicted molar refractivity (Wildman–Crippen MR) is 82.2 cm³/mol. The molecule has 0 fully saturated rings. The van der Waals surface area contributed by atoms with Crippen LogP contribution in [0, 0.1) is 11.6 Å². The molecule has 0 saturated heterocycles. The van der Waals surface area contributed by atoms with Gasteiger partial charge >= 0.3 is 0 Å². The molecule has 0 aliphatic carbocycles. The largest absolute Gasteiger partial charge is 0.305 e. The first kappa shape index (κ1) is 16.1. The van der Waals surface area contributed by atoms with Crippen LogP contribution in [0.15, 0.2) is 22.7 Å². The quantitative estimate of drug-likeness (QED) is 0.826. The molecule has 1 aromatic heterocycles. The summed E-state index contributed by atoms with van der Waals surface area (Å²) in [7, 11) is 1.78. The fourth-order valence-electron chi connectivity index (χ4n) is 2.35. The third-order valence-corrected chi connectivity index (χ3v) is 4.01. The zero-order valence-electron chi connectivity index (χ0n) is 12.3. The Bertz CT molecular complexity index is 640. The van der Waals surface area contributed by atoms with E-state index in [1.54, 1.807) is 11.7 Å². The molecule has 0 aliphatic heterocycles. The van der Waals surface area contributed by atoms with Crippen LogP contribution in [0.4, 0.5) is 8.78 Å². The lowest BCUT2D eigenvalue weighted by Crippen LogP contribution is -2.26. The molecule has 0 aliphatic rings. The molecule has 0 saturated carbocycles. The molecule has 0 bridgehead atoms. The number of aryl methyl sites for hydroxylation is 2. The number of nitrogens with zero attached hydrogens (tertiary/aromatic N) is 2. The Morgan fingerprint density at radius 1 is 1.33 bits per heavy atom. The molecule has 1 aromatic carbocycles. The van der Waals surface area contributed by atoms with Crippen molar-refractivity contribution in [1.82, 2.24) is 15.1 Å². The summed E-state index contributed by atoms with van der Waals surface area (Å²) in [5.41, 5.74) is 1.65. The minimum Gasteiger partial charge on any atom is -0.305 e. The topological polar surface area (TPSA) is 29.9 Å². The molecule has 1 N–H and O–H groups in total. The van der Waals surface area contributed by atoms with Crippen LogP contribution in [0.1, 0.15) is 36.8 Å². The zero-order valence-corrected chi connectivity index (χ0v) is 13.8. The molecule has 2 rings (SSSR count). The van der Waals surface area contributed by atoms with Gasteiger partial charge in [0.25, 0.3) is 0 Å². The minimum atomic E-state index is -0.583. The van der Waals surface area contributed by atoms with Gasteiger partial charge in [-0.2, -0.15) is 5.10 Å². The molecule has 3 nitrogen and oxygen atoms in total. The first-order valence-corrected chi connectivity index (χ1v) is 7.68. The van der Waals surface area contributed by atoms with Crippen molar-refractivity contribution in [1.29, 1.82) is 0 Å². The van der Waals surface area contributed by atoms with Crippen LogP contribution in [-0.4, -0.2) is 16.3 Å². The molecule has 21 heavy (non-hydrogen) atoms. The number of hydrogen-bond acceptors (Lipinski definition) is 2. The molecule has 0 radical (unpaired) electrons. The summed E-state index contributed by atoms with van der Waals surface area (Å²) in [4.78, 5) is 0. The van der Waals surface area contributed by atoms with E-state index in [0.29, 0.717) is 6.54 Å². The summed E-state index contributed by atoms with van der Waals surface area (Å²) in [6.45, 7) is 4.48. The fraction of sp³-hybridized carbons (Fsp3) is 0.400. The van der Waals surface area contributed by atoms with Crippen LogP contribution in [-0.2, 0) is 13.5 Å². The van der Waals surface area contributed by atoms with E-state index in [1.165, 1.54) is 12.1 Å². The second kappa shape index (κ2) is 6.66. The molecule has 6 heteroatoms. The number of hydrogen-bond donors (Lipinski definition) is 1. The van der Waals surface area contributed by atoms with Gasteiger partial charge in [0.2, 0.25) is 0 Å². The molecule has 0 spiro atoms. The van der Waals surface area contributed by atoms with Crippen LogP contribution in [0.25, 0.3) is 0 Å². The highest BCUT2D eigenvalue weighted by Gasteiger charge is 2.25. The Balaban J connectivity index is 2.58. The number of aromatic nitrogens is 2. The van der Waals surface area contributed by atoms with E-state index in [-0.39, 0.29) is 10.0 Å². The Kier molecular flexibility index (Phi) is 5.11. The third kappa shape index (κ3) is 3.16. The van der Waals surface area contributed by atoms with Gasteiger partial charge < -0.3 is 5.32 Å². The smallest absolute Gasteiger partial charge is 0.145 e. The SMILES string of the molecule is CCNC(c1c(F)ccc(Br)c1F)c1cc(CC)nn1C. The Morgan fingerprint density at radius 3 is 2.62 bits per heavy atom. The highest BCUT2D eigenvalue weighted by Crippen LogP contribution is 2.31. The normalized spacial score (nSPS) is 12.7. The van der Waals surface area contributed by atoms with Crippen molar-refractivity contribution in [2.75, 3.05) is 6.54 Å². The van der Waals surface area contributed by atoms with Crippen molar-refractivity contribution >= 4 is 15.9 Å². The van der Waals surface area contributed by atoms with Crippen molar-refractivity contribution in [2.45, 2.75) is 26.3 Å². The van der Waals surface area contributed by atoms with Crippen molar-refractivity contribution in [3.63, 3.8) is 0 Å². The van der Waals surface area contributed by atoms with Crippen LogP contribution in [0.2, 0.25) is 0 Å². The van der Waals surface area contributed by atoms with Gasteiger partial charge in [-0.05, 0) is 47.1 Å². The second-order valence-corrected chi connectivity index (χ2v) is 5.64. The van der Waals surface area contributed by atoms with E-state index < -0.39 is 17.7 Å². The number of benzene rings is 1. The average molecular weight is 358 g/mol. The van der Waals surface area contributed by atoms with Gasteiger partial charge in [-0.15, -0.1) is 0 Å². The third-order valence-electron chi connectivity index (χ3n) is 3.40. The van der Waals surface area contributed by atoms with Crippen LogP contribution < -0.4 is 5.32 Å². The van der Waals surface area contributed by atoms with Gasteiger partial charge in [0, 0.05) is 12.6 Å². The zero-order chi connectivity index (χ0) is 15.6. The molecule has 0 amide bonds. The molecular formula is C15H18BrF2N3. The van der Waals surface area contributed by atoms with Gasteiger partial charge in [0.05, 0.1) is 21.9 Å². The average Bonchev–Trinajstić information content (AvgIpc) is 2.83. The maximum atomic E-state index is 14.4. The summed E-state index contributed by atoms with van der Waals surface area (Å²) in [6, 6.07) is 3.94. The summed E-state index contributed by atoms with van der Waals surface area (Å²) in [5.74, 6) is -1.15. The first-order valence-electron chi connectivity index (χ1n) is 6.89. The monoisotopic (exact) mass is 357 g/mol. The first-order chi connectivity index (χ1) is 9.99. The number of rotatable bonds is 5. The van der Waals surface area contributed by atoms with E-state index in [4.69, 9.17) is 0 Å². The minimum absolute atomic E-state index is 0.0110. The Hall–Kier alpha value is -1.27. The number of nitrogens with one attached hydrogen (secondary N) is 1. The Labute approximate surface area is 131 Å². The molecule has 2 aromatic rings. The van der Waals surface area contributed by atoms with Crippen LogP contribution >= 0.6 is 15.9 Å². The Morgan fingerprint density at radius 2 is 2.05 bits per heavy atom. The van der Waals surface area contributed by atoms with Crippen LogP contribution in [0.3, 0.4) is 0 Å². The highest BCUT2D eigenvalue weighted by atomic mass is 79.9. The van der Waals surface area contributed by atoms with E-state index in [0.717, 1.165) is 17.8 Å². The second-order valence-electron chi connectivity index (χ2n) is 4.79. The summed E-state index contributed by atoms with van der Waals surface area (Å²) >= 11 is 3.12.